The standard InChI is InChI=1S/C35H50N18O3/c1-5-50(3)17-21(36)11-14-37-34-38-16-13-25(44-34)42-22-7-9-23(10-8-22)43-30-26-32(46-35(45-30)39-15-12-24-18-51(4)19-40-24)52(20-41-26)33-28(55)27(54)29(56-33)31-47-49-53(6-2)48-31/h5,13,16-20,22-23,27-29,33,54-55H,1,6-12,14-15,36H2,2-4H3,(H2,37,38,42,44)(H2,39,43,45,46)/b21-17-/t22-,23-,27-,28+,29-,33+/m0/s1. The molecule has 21 nitrogen and oxygen atoms in total. The van der Waals surface area contributed by atoms with E-state index in [1.165, 1.54) is 4.80 Å². The van der Waals surface area contributed by atoms with E-state index < -0.39 is 24.5 Å². The lowest BCUT2D eigenvalue weighted by Crippen LogP contribution is -2.33. The van der Waals surface area contributed by atoms with Crippen molar-refractivity contribution in [3.8, 4) is 0 Å². The maximum atomic E-state index is 11.2. The molecular weight excluding hydrogens is 721 g/mol. The molecule has 7 rings (SSSR count). The summed E-state index contributed by atoms with van der Waals surface area (Å²) in [5.74, 6) is 2.41. The highest BCUT2D eigenvalue weighted by Crippen LogP contribution is 2.39. The van der Waals surface area contributed by atoms with Crippen molar-refractivity contribution in [1.82, 2.24) is 64.1 Å². The molecule has 0 bridgehead atoms. The maximum absolute atomic E-state index is 11.2. The van der Waals surface area contributed by atoms with Crippen molar-refractivity contribution in [3.05, 3.63) is 67.3 Å². The van der Waals surface area contributed by atoms with Crippen molar-refractivity contribution < 1.29 is 14.9 Å². The van der Waals surface area contributed by atoms with E-state index >= 15 is 0 Å². The number of aromatic nitrogens is 12. The number of imidazole rings is 2. The van der Waals surface area contributed by atoms with Gasteiger partial charge in [-0.3, -0.25) is 4.57 Å². The number of hydrogen-bond donors (Lipinski definition) is 7. The Labute approximate surface area is 323 Å². The van der Waals surface area contributed by atoms with Crippen LogP contribution in [0.15, 0.2) is 55.8 Å². The molecule has 21 heteroatoms. The number of tetrazole rings is 1. The number of aryl methyl sites for hydroxylation is 2. The summed E-state index contributed by atoms with van der Waals surface area (Å²) >= 11 is 0. The third kappa shape index (κ3) is 8.95. The first kappa shape index (κ1) is 38.3. The van der Waals surface area contributed by atoms with Gasteiger partial charge in [0, 0.05) is 76.4 Å². The average Bonchev–Trinajstić information content (AvgIpc) is 4.00. The Morgan fingerprint density at radius 3 is 2.54 bits per heavy atom. The van der Waals surface area contributed by atoms with Crippen LogP contribution in [0.25, 0.3) is 11.2 Å². The van der Waals surface area contributed by atoms with Crippen LogP contribution in [0, 0.1) is 0 Å². The smallest absolute Gasteiger partial charge is 0.226 e. The van der Waals surface area contributed by atoms with Crippen molar-refractivity contribution in [3.63, 3.8) is 0 Å². The van der Waals surface area contributed by atoms with Gasteiger partial charge in [0.25, 0.3) is 0 Å². The number of rotatable bonds is 17. The van der Waals surface area contributed by atoms with Crippen LogP contribution < -0.4 is 27.0 Å². The summed E-state index contributed by atoms with van der Waals surface area (Å²) in [7, 11) is 3.81. The topological polar surface area (TPSA) is 258 Å². The molecule has 0 amide bonds. The highest BCUT2D eigenvalue weighted by molar-refractivity contribution is 5.84. The van der Waals surface area contributed by atoms with E-state index in [1.54, 1.807) is 29.6 Å². The lowest BCUT2D eigenvalue weighted by molar-refractivity contribution is -0.0384. The van der Waals surface area contributed by atoms with E-state index in [2.05, 4.69) is 63.2 Å². The number of hydrogen-bond acceptors (Lipinski definition) is 18. The first-order valence-electron chi connectivity index (χ1n) is 18.8. The molecule has 5 aromatic heterocycles. The summed E-state index contributed by atoms with van der Waals surface area (Å²) in [6.45, 7) is 7.24. The number of anilines is 4. The second kappa shape index (κ2) is 17.3. The number of nitrogens with one attached hydrogen (secondary N) is 4. The molecule has 1 saturated carbocycles. The van der Waals surface area contributed by atoms with E-state index in [-0.39, 0.29) is 17.9 Å². The zero-order valence-electron chi connectivity index (χ0n) is 31.8. The van der Waals surface area contributed by atoms with Gasteiger partial charge in [-0.25, -0.2) is 15.0 Å². The highest BCUT2D eigenvalue weighted by atomic mass is 16.6. The molecular formula is C35H50N18O3. The fraction of sp³-hybridized carbons (Fsp3) is 0.514. The fourth-order valence-corrected chi connectivity index (χ4v) is 6.79. The molecule has 1 aliphatic heterocycles. The monoisotopic (exact) mass is 770 g/mol. The number of aliphatic hydroxyl groups is 2. The molecule has 1 aliphatic carbocycles. The van der Waals surface area contributed by atoms with Crippen molar-refractivity contribution in [2.45, 2.75) is 88.6 Å². The van der Waals surface area contributed by atoms with Crippen LogP contribution in [0.3, 0.4) is 0 Å². The molecule has 0 radical (unpaired) electrons. The molecule has 2 fully saturated rings. The van der Waals surface area contributed by atoms with Crippen molar-refractivity contribution in [2.24, 2.45) is 12.8 Å². The van der Waals surface area contributed by atoms with Crippen LogP contribution in [0.4, 0.5) is 23.5 Å². The van der Waals surface area contributed by atoms with Gasteiger partial charge in [-0.2, -0.15) is 19.7 Å². The third-order valence-corrected chi connectivity index (χ3v) is 9.79. The Hall–Kier alpha value is -5.93. The molecule has 2 aliphatic rings. The first-order valence-corrected chi connectivity index (χ1v) is 18.8. The van der Waals surface area contributed by atoms with Crippen LogP contribution in [-0.2, 0) is 24.8 Å². The lowest BCUT2D eigenvalue weighted by atomic mass is 9.91. The normalized spacial score (nSPS) is 22.6. The van der Waals surface area contributed by atoms with Gasteiger partial charge in [-0.1, -0.05) is 6.58 Å². The Bertz CT molecular complexity index is 2110. The van der Waals surface area contributed by atoms with Crippen molar-refractivity contribution in [1.29, 1.82) is 0 Å². The highest BCUT2D eigenvalue weighted by Gasteiger charge is 2.47. The number of ether oxygens (including phenoxy) is 1. The molecule has 56 heavy (non-hydrogen) atoms. The summed E-state index contributed by atoms with van der Waals surface area (Å²) in [4.78, 5) is 31.0. The van der Waals surface area contributed by atoms with E-state index in [0.29, 0.717) is 61.4 Å². The molecule has 1 saturated heterocycles. The van der Waals surface area contributed by atoms with Gasteiger partial charge >= 0.3 is 0 Å². The molecule has 0 unspecified atom stereocenters. The minimum atomic E-state index is -1.31. The Kier molecular flexibility index (Phi) is 11.8. The van der Waals surface area contributed by atoms with Gasteiger partial charge in [0.2, 0.25) is 17.7 Å². The number of aliphatic hydroxyl groups excluding tert-OH is 2. The van der Waals surface area contributed by atoms with E-state index in [9.17, 15) is 10.2 Å². The zero-order chi connectivity index (χ0) is 39.2. The van der Waals surface area contributed by atoms with Crippen molar-refractivity contribution >= 4 is 34.7 Å². The summed E-state index contributed by atoms with van der Waals surface area (Å²) in [6.07, 6.45) is 10.8. The van der Waals surface area contributed by atoms with Gasteiger partial charge < -0.3 is 51.4 Å². The summed E-state index contributed by atoms with van der Waals surface area (Å²) in [5.41, 5.74) is 8.69. The van der Waals surface area contributed by atoms with E-state index in [4.69, 9.17) is 20.4 Å². The summed E-state index contributed by atoms with van der Waals surface area (Å²) < 4.78 is 9.68. The number of nitrogens with two attached hydrogens (primary N) is 1. The molecule has 4 atom stereocenters. The largest absolute Gasteiger partial charge is 0.401 e. The van der Waals surface area contributed by atoms with Gasteiger partial charge in [-0.05, 0) is 50.1 Å². The Balaban J connectivity index is 1.02. The van der Waals surface area contributed by atoms with Gasteiger partial charge in [0.1, 0.15) is 18.0 Å². The SMILES string of the molecule is C=CN(C)/C=C(\N)CCNc1nccc(N[C@H]2CC[C@H](Nc3nc(NCCc4cn(C)cn4)nc4c3ncn4[C@@H]3O[C@H](c4nnn(CC)n4)[C@@H](O)[C@H]3O)CC2)n1. The Morgan fingerprint density at radius 1 is 1.02 bits per heavy atom. The number of fused-ring (bicyclic) bond motifs is 1. The predicted octanol–water partition coefficient (Wildman–Crippen LogP) is 1.52. The molecule has 0 spiro atoms. The molecule has 298 valence electrons. The molecule has 0 aromatic carbocycles. The summed E-state index contributed by atoms with van der Waals surface area (Å²) in [5, 5.41) is 48.2. The fourth-order valence-electron chi connectivity index (χ4n) is 6.79. The second-order valence-corrected chi connectivity index (χ2v) is 14.0. The van der Waals surface area contributed by atoms with Gasteiger partial charge in [0.15, 0.2) is 29.3 Å². The molecule has 6 heterocycles. The minimum absolute atomic E-state index is 0.116. The minimum Gasteiger partial charge on any atom is -0.401 e. The lowest BCUT2D eigenvalue weighted by Gasteiger charge is -2.30. The van der Waals surface area contributed by atoms with Gasteiger partial charge in [0.05, 0.1) is 24.9 Å². The van der Waals surface area contributed by atoms with Crippen LogP contribution in [-0.4, -0.2) is 119 Å². The first-order chi connectivity index (χ1) is 27.2. The van der Waals surface area contributed by atoms with Crippen LogP contribution in [0.2, 0.25) is 0 Å². The van der Waals surface area contributed by atoms with Crippen molar-refractivity contribution in [2.75, 3.05) is 41.4 Å². The predicted molar refractivity (Wildman–Crippen MR) is 208 cm³/mol. The van der Waals surface area contributed by atoms with E-state index in [0.717, 1.165) is 42.9 Å². The van der Waals surface area contributed by atoms with Crippen LogP contribution in [0.5, 0.6) is 0 Å². The maximum Gasteiger partial charge on any atom is 0.226 e. The molecule has 5 aromatic rings. The third-order valence-electron chi connectivity index (χ3n) is 9.79. The summed E-state index contributed by atoms with van der Waals surface area (Å²) in [6, 6.07) is 2.22. The number of nitrogens with zero attached hydrogens (tertiary/aromatic N) is 13. The Morgan fingerprint density at radius 2 is 1.80 bits per heavy atom. The van der Waals surface area contributed by atoms with Crippen LogP contribution >= 0.6 is 0 Å². The quantitative estimate of drug-likeness (QED) is 0.0707. The van der Waals surface area contributed by atoms with Crippen LogP contribution in [0.1, 0.15) is 62.9 Å². The zero-order valence-corrected chi connectivity index (χ0v) is 31.8. The molecule has 8 N–H and O–H groups in total. The van der Waals surface area contributed by atoms with E-state index in [1.807, 2.05) is 48.9 Å². The van der Waals surface area contributed by atoms with Gasteiger partial charge in [-0.15, -0.1) is 10.2 Å². The average molecular weight is 771 g/mol. The second-order valence-electron chi connectivity index (χ2n) is 14.0.